The maximum absolute atomic E-state index is 12.5. The number of aromatic nitrogens is 2. The molecule has 2 heterocycles. The van der Waals surface area contributed by atoms with Crippen LogP contribution in [0.1, 0.15) is 63.0 Å². The Bertz CT molecular complexity index is 929. The first-order chi connectivity index (χ1) is 14.1. The highest BCUT2D eigenvalue weighted by Crippen LogP contribution is 2.08. The van der Waals surface area contributed by atoms with Crippen LogP contribution in [0.25, 0.3) is 11.0 Å². The summed E-state index contributed by atoms with van der Waals surface area (Å²) in [5.41, 5.74) is 2.54. The Labute approximate surface area is 174 Å². The Hall–Kier alpha value is -2.95. The van der Waals surface area contributed by atoms with Crippen LogP contribution < -0.4 is 10.7 Å². The second-order valence-electron chi connectivity index (χ2n) is 5.53. The number of nitrogens with zero attached hydrogens (tertiary/aromatic N) is 2. The molecule has 0 fully saturated rings. The fraction of sp³-hybridized carbons (Fsp3) is 0.375. The molecule has 0 unspecified atom stereocenters. The van der Waals surface area contributed by atoms with Gasteiger partial charge in [-0.2, -0.15) is 0 Å². The summed E-state index contributed by atoms with van der Waals surface area (Å²) in [6.45, 7) is 14.4. The predicted octanol–water partition coefficient (Wildman–Crippen LogP) is 5.25. The van der Waals surface area contributed by atoms with E-state index in [2.05, 4.69) is 10.3 Å². The standard InChI is InChI=1S/C18H17N3O2.3C2H6/c1-12-5-7-13(8-6-12)10-20-18(23)15-11-21(2)17-14(16(15)22)4-3-9-19-17;3*1-2/h3-9,11H,10H2,1-2H3,(H,20,23);3*1-2H3. The number of fused-ring (bicyclic) bond motifs is 1. The molecule has 0 aliphatic heterocycles. The van der Waals surface area contributed by atoms with E-state index in [1.165, 1.54) is 6.20 Å². The summed E-state index contributed by atoms with van der Waals surface area (Å²) in [4.78, 5) is 29.0. The monoisotopic (exact) mass is 397 g/mol. The molecular weight excluding hydrogens is 362 g/mol. The molecule has 0 spiro atoms. The van der Waals surface area contributed by atoms with Gasteiger partial charge in [-0.05, 0) is 24.6 Å². The molecule has 0 bridgehead atoms. The average molecular weight is 398 g/mol. The zero-order valence-corrected chi connectivity index (χ0v) is 19.0. The molecule has 3 rings (SSSR count). The van der Waals surface area contributed by atoms with Crippen molar-refractivity contribution in [2.75, 3.05) is 0 Å². The molecule has 0 saturated carbocycles. The summed E-state index contributed by atoms with van der Waals surface area (Å²) >= 11 is 0. The molecule has 2 aromatic heterocycles. The molecule has 29 heavy (non-hydrogen) atoms. The summed E-state index contributed by atoms with van der Waals surface area (Å²) in [6, 6.07) is 11.3. The number of nitrogens with one attached hydrogen (secondary N) is 1. The van der Waals surface area contributed by atoms with Crippen molar-refractivity contribution in [3.05, 3.63) is 75.7 Å². The highest BCUT2D eigenvalue weighted by Gasteiger charge is 2.14. The van der Waals surface area contributed by atoms with Crippen LogP contribution >= 0.6 is 0 Å². The number of pyridine rings is 2. The topological polar surface area (TPSA) is 64.0 Å². The summed E-state index contributed by atoms with van der Waals surface area (Å²) < 4.78 is 1.69. The summed E-state index contributed by atoms with van der Waals surface area (Å²) in [6.07, 6.45) is 3.15. The zero-order chi connectivity index (χ0) is 22.4. The van der Waals surface area contributed by atoms with E-state index in [0.717, 1.165) is 11.1 Å². The van der Waals surface area contributed by atoms with E-state index >= 15 is 0 Å². The quantitative estimate of drug-likeness (QED) is 0.656. The molecule has 1 aromatic carbocycles. The third-order valence-corrected chi connectivity index (χ3v) is 3.75. The number of hydrogen-bond acceptors (Lipinski definition) is 3. The molecule has 158 valence electrons. The van der Waals surface area contributed by atoms with Gasteiger partial charge in [0.05, 0.1) is 5.39 Å². The van der Waals surface area contributed by atoms with E-state index < -0.39 is 0 Å². The number of carbonyl (C=O) groups is 1. The summed E-state index contributed by atoms with van der Waals surface area (Å²) in [5.74, 6) is -0.378. The van der Waals surface area contributed by atoms with Gasteiger partial charge >= 0.3 is 0 Å². The molecule has 3 aromatic rings. The van der Waals surface area contributed by atoms with Gasteiger partial charge in [-0.15, -0.1) is 0 Å². The Morgan fingerprint density at radius 1 is 1.00 bits per heavy atom. The van der Waals surface area contributed by atoms with Crippen molar-refractivity contribution in [1.29, 1.82) is 0 Å². The largest absolute Gasteiger partial charge is 0.348 e. The van der Waals surface area contributed by atoms with E-state index in [-0.39, 0.29) is 16.9 Å². The Kier molecular flexibility index (Phi) is 12.7. The lowest BCUT2D eigenvalue weighted by Gasteiger charge is -2.09. The molecule has 5 nitrogen and oxygen atoms in total. The maximum atomic E-state index is 12.5. The van der Waals surface area contributed by atoms with Gasteiger partial charge in [-0.25, -0.2) is 4.98 Å². The van der Waals surface area contributed by atoms with Crippen LogP contribution in [-0.4, -0.2) is 15.5 Å². The lowest BCUT2D eigenvalue weighted by atomic mass is 10.1. The molecule has 0 aliphatic carbocycles. The second-order valence-corrected chi connectivity index (χ2v) is 5.53. The maximum Gasteiger partial charge on any atom is 0.257 e. The molecule has 0 aliphatic rings. The Morgan fingerprint density at radius 2 is 1.59 bits per heavy atom. The normalized spacial score (nSPS) is 9.10. The fourth-order valence-electron chi connectivity index (χ4n) is 2.46. The van der Waals surface area contributed by atoms with Crippen molar-refractivity contribution in [3.63, 3.8) is 0 Å². The molecule has 1 amide bonds. The van der Waals surface area contributed by atoms with Gasteiger partial charge in [0.15, 0.2) is 0 Å². The van der Waals surface area contributed by atoms with E-state index in [4.69, 9.17) is 0 Å². The first-order valence-electron chi connectivity index (χ1n) is 10.3. The highest BCUT2D eigenvalue weighted by atomic mass is 16.2. The Balaban J connectivity index is 0.00000120. The van der Waals surface area contributed by atoms with Crippen LogP contribution in [0, 0.1) is 6.92 Å². The van der Waals surface area contributed by atoms with Crippen LogP contribution in [0.3, 0.4) is 0 Å². The number of amides is 1. The number of benzene rings is 1. The van der Waals surface area contributed by atoms with Crippen molar-refractivity contribution >= 4 is 16.9 Å². The average Bonchev–Trinajstić information content (AvgIpc) is 2.80. The van der Waals surface area contributed by atoms with E-state index in [1.807, 2.05) is 72.7 Å². The second kappa shape index (κ2) is 14.1. The van der Waals surface area contributed by atoms with Crippen molar-refractivity contribution in [1.82, 2.24) is 14.9 Å². The fourth-order valence-corrected chi connectivity index (χ4v) is 2.46. The van der Waals surface area contributed by atoms with Crippen LogP contribution in [-0.2, 0) is 13.6 Å². The smallest absolute Gasteiger partial charge is 0.257 e. The van der Waals surface area contributed by atoms with Gasteiger partial charge in [0.2, 0.25) is 5.43 Å². The summed E-state index contributed by atoms with van der Waals surface area (Å²) in [7, 11) is 1.77. The molecule has 1 N–H and O–H groups in total. The molecule has 0 atom stereocenters. The van der Waals surface area contributed by atoms with Gasteiger partial charge in [-0.3, -0.25) is 9.59 Å². The third-order valence-electron chi connectivity index (χ3n) is 3.75. The molecule has 0 radical (unpaired) electrons. The zero-order valence-electron chi connectivity index (χ0n) is 19.0. The molecule has 0 saturated heterocycles. The SMILES string of the molecule is CC.CC.CC.Cc1ccc(CNC(=O)c2cn(C)c3ncccc3c2=O)cc1. The van der Waals surface area contributed by atoms with Gasteiger partial charge in [0.25, 0.3) is 5.91 Å². The number of rotatable bonds is 3. The minimum absolute atomic E-state index is 0.125. The minimum atomic E-state index is -0.378. The predicted molar refractivity (Wildman–Crippen MR) is 123 cm³/mol. The van der Waals surface area contributed by atoms with Crippen molar-refractivity contribution in [2.45, 2.75) is 55.0 Å². The van der Waals surface area contributed by atoms with Gasteiger partial charge in [0.1, 0.15) is 11.2 Å². The van der Waals surface area contributed by atoms with Gasteiger partial charge < -0.3 is 9.88 Å². The molecule has 5 heteroatoms. The lowest BCUT2D eigenvalue weighted by molar-refractivity contribution is 0.0949. The van der Waals surface area contributed by atoms with Crippen molar-refractivity contribution < 1.29 is 4.79 Å². The number of carbonyl (C=O) groups excluding carboxylic acids is 1. The number of hydrogen-bond donors (Lipinski definition) is 1. The van der Waals surface area contributed by atoms with Crippen LogP contribution in [0.4, 0.5) is 0 Å². The van der Waals surface area contributed by atoms with Gasteiger partial charge in [-0.1, -0.05) is 71.4 Å². The van der Waals surface area contributed by atoms with E-state index in [9.17, 15) is 9.59 Å². The Morgan fingerprint density at radius 3 is 2.17 bits per heavy atom. The summed E-state index contributed by atoms with van der Waals surface area (Å²) in [5, 5.41) is 3.24. The van der Waals surface area contributed by atoms with E-state index in [1.54, 1.807) is 29.9 Å². The lowest BCUT2D eigenvalue weighted by Crippen LogP contribution is -2.29. The van der Waals surface area contributed by atoms with Crippen molar-refractivity contribution in [3.8, 4) is 0 Å². The molecular formula is C24H35N3O2. The van der Waals surface area contributed by atoms with Crippen LogP contribution in [0.5, 0.6) is 0 Å². The van der Waals surface area contributed by atoms with Crippen LogP contribution in [0.2, 0.25) is 0 Å². The first kappa shape index (κ1) is 26.1. The highest BCUT2D eigenvalue weighted by molar-refractivity contribution is 5.96. The first-order valence-corrected chi connectivity index (χ1v) is 10.3. The third kappa shape index (κ3) is 7.18. The van der Waals surface area contributed by atoms with Crippen LogP contribution in [0.15, 0.2) is 53.6 Å². The van der Waals surface area contributed by atoms with Crippen molar-refractivity contribution in [2.24, 2.45) is 7.05 Å². The number of aryl methyl sites for hydroxylation is 2. The minimum Gasteiger partial charge on any atom is -0.348 e. The van der Waals surface area contributed by atoms with E-state index in [0.29, 0.717) is 17.6 Å². The van der Waals surface area contributed by atoms with Gasteiger partial charge in [0, 0.05) is 26.0 Å².